The molecule has 0 saturated carbocycles. The van der Waals surface area contributed by atoms with Crippen molar-refractivity contribution in [3.05, 3.63) is 17.5 Å². The Morgan fingerprint density at radius 3 is 3.00 bits per heavy atom. The minimum atomic E-state index is -0.704. The van der Waals surface area contributed by atoms with Crippen LogP contribution in [0.2, 0.25) is 0 Å². The van der Waals surface area contributed by atoms with E-state index >= 15 is 0 Å². The summed E-state index contributed by atoms with van der Waals surface area (Å²) in [7, 11) is 1.93. The molecule has 0 amide bonds. The van der Waals surface area contributed by atoms with E-state index in [-0.39, 0.29) is 12.5 Å². The Morgan fingerprint density at radius 1 is 1.65 bits per heavy atom. The molecule has 1 aromatic heterocycles. The van der Waals surface area contributed by atoms with Crippen LogP contribution in [0, 0.1) is 6.92 Å². The van der Waals surface area contributed by atoms with Crippen molar-refractivity contribution in [1.29, 1.82) is 0 Å². The summed E-state index contributed by atoms with van der Waals surface area (Å²) in [5.41, 5.74) is 2.36. The molecule has 1 aromatic rings. The van der Waals surface area contributed by atoms with Gasteiger partial charge in [0.25, 0.3) is 0 Å². The quantitative estimate of drug-likeness (QED) is 0.854. The first-order valence-electron chi connectivity index (χ1n) is 6.01. The van der Waals surface area contributed by atoms with Gasteiger partial charge in [-0.05, 0) is 26.3 Å². The molecule has 2 rings (SSSR count). The average molecular weight is 237 g/mol. The fourth-order valence-electron chi connectivity index (χ4n) is 2.45. The lowest BCUT2D eigenvalue weighted by atomic mass is 10.1. The fourth-order valence-corrected chi connectivity index (χ4v) is 2.45. The van der Waals surface area contributed by atoms with Gasteiger partial charge in [0.15, 0.2) is 0 Å². The van der Waals surface area contributed by atoms with Crippen molar-refractivity contribution in [3.63, 3.8) is 0 Å². The van der Waals surface area contributed by atoms with Crippen LogP contribution in [0.15, 0.2) is 6.20 Å². The SMILES string of the molecule is Cc1c(CN2CCCC2CC(=O)O)cnn1C. The molecule has 5 nitrogen and oxygen atoms in total. The first-order chi connectivity index (χ1) is 8.08. The number of carbonyl (C=O) groups is 1. The lowest BCUT2D eigenvalue weighted by Gasteiger charge is -2.22. The number of aliphatic carboxylic acids is 1. The number of nitrogens with zero attached hydrogens (tertiary/aromatic N) is 3. The molecule has 5 heteroatoms. The summed E-state index contributed by atoms with van der Waals surface area (Å²) in [5, 5.41) is 13.1. The van der Waals surface area contributed by atoms with Gasteiger partial charge < -0.3 is 5.11 Å². The Bertz CT molecular complexity index is 414. The molecule has 17 heavy (non-hydrogen) atoms. The molecule has 2 heterocycles. The molecule has 1 aliphatic rings. The van der Waals surface area contributed by atoms with Crippen LogP contribution < -0.4 is 0 Å². The number of hydrogen-bond acceptors (Lipinski definition) is 3. The predicted molar refractivity (Wildman–Crippen MR) is 63.6 cm³/mol. The number of likely N-dealkylation sites (tertiary alicyclic amines) is 1. The highest BCUT2D eigenvalue weighted by Crippen LogP contribution is 2.23. The Kier molecular flexibility index (Phi) is 3.47. The van der Waals surface area contributed by atoms with Crippen LogP contribution in [0.3, 0.4) is 0 Å². The zero-order valence-corrected chi connectivity index (χ0v) is 10.4. The Hall–Kier alpha value is -1.36. The maximum atomic E-state index is 10.8. The third-order valence-corrected chi connectivity index (χ3v) is 3.62. The molecule has 1 unspecified atom stereocenters. The molecular weight excluding hydrogens is 218 g/mol. The molecule has 0 radical (unpaired) electrons. The number of aryl methyl sites for hydroxylation is 1. The van der Waals surface area contributed by atoms with Gasteiger partial charge in [-0.25, -0.2) is 0 Å². The van der Waals surface area contributed by atoms with Crippen LogP contribution in [-0.4, -0.2) is 38.3 Å². The Morgan fingerprint density at radius 2 is 2.41 bits per heavy atom. The van der Waals surface area contributed by atoms with Crippen LogP contribution in [0.1, 0.15) is 30.5 Å². The zero-order chi connectivity index (χ0) is 12.4. The van der Waals surface area contributed by atoms with Gasteiger partial charge in [-0.3, -0.25) is 14.4 Å². The van der Waals surface area contributed by atoms with Gasteiger partial charge in [-0.15, -0.1) is 0 Å². The van der Waals surface area contributed by atoms with Crippen LogP contribution in [-0.2, 0) is 18.4 Å². The molecular formula is C12H19N3O2. The maximum absolute atomic E-state index is 10.8. The van der Waals surface area contributed by atoms with Gasteiger partial charge in [-0.2, -0.15) is 5.10 Å². The number of hydrogen-bond donors (Lipinski definition) is 1. The molecule has 1 atom stereocenters. The van der Waals surface area contributed by atoms with E-state index in [9.17, 15) is 4.79 Å². The second-order valence-electron chi connectivity index (χ2n) is 4.74. The first-order valence-corrected chi connectivity index (χ1v) is 6.01. The largest absolute Gasteiger partial charge is 0.481 e. The Labute approximate surface area is 101 Å². The first kappa shape index (κ1) is 12.1. The van der Waals surface area contributed by atoms with E-state index in [0.29, 0.717) is 0 Å². The van der Waals surface area contributed by atoms with Crippen LogP contribution in [0.5, 0.6) is 0 Å². The number of rotatable bonds is 4. The van der Waals surface area contributed by atoms with Crippen molar-refractivity contribution in [2.75, 3.05) is 6.54 Å². The highest BCUT2D eigenvalue weighted by Gasteiger charge is 2.27. The molecule has 1 aliphatic heterocycles. The zero-order valence-electron chi connectivity index (χ0n) is 10.4. The number of carboxylic acid groups (broad SMARTS) is 1. The molecule has 0 spiro atoms. The number of aromatic nitrogens is 2. The highest BCUT2D eigenvalue weighted by molar-refractivity contribution is 5.67. The molecule has 1 N–H and O–H groups in total. The van der Waals surface area contributed by atoms with Gasteiger partial charge in [0.1, 0.15) is 0 Å². The second-order valence-corrected chi connectivity index (χ2v) is 4.74. The van der Waals surface area contributed by atoms with Crippen LogP contribution in [0.25, 0.3) is 0 Å². The molecule has 0 aliphatic carbocycles. The van der Waals surface area contributed by atoms with E-state index in [1.807, 2.05) is 24.9 Å². The van der Waals surface area contributed by atoms with E-state index in [1.54, 1.807) is 0 Å². The monoisotopic (exact) mass is 237 g/mol. The van der Waals surface area contributed by atoms with E-state index < -0.39 is 5.97 Å². The van der Waals surface area contributed by atoms with E-state index in [4.69, 9.17) is 5.11 Å². The summed E-state index contributed by atoms with van der Waals surface area (Å²) in [4.78, 5) is 13.0. The van der Waals surface area contributed by atoms with Crippen molar-refractivity contribution in [2.24, 2.45) is 7.05 Å². The summed E-state index contributed by atoms with van der Waals surface area (Å²) < 4.78 is 1.86. The average Bonchev–Trinajstić information content (AvgIpc) is 2.80. The molecule has 1 fully saturated rings. The van der Waals surface area contributed by atoms with Gasteiger partial charge in [0.2, 0.25) is 0 Å². The fraction of sp³-hybridized carbons (Fsp3) is 0.667. The summed E-state index contributed by atoms with van der Waals surface area (Å²) in [6, 6.07) is 0.187. The van der Waals surface area contributed by atoms with Crippen molar-refractivity contribution < 1.29 is 9.90 Å². The summed E-state index contributed by atoms with van der Waals surface area (Å²) in [6.45, 7) is 3.86. The van der Waals surface area contributed by atoms with Gasteiger partial charge >= 0.3 is 5.97 Å². The van der Waals surface area contributed by atoms with Crippen molar-refractivity contribution in [3.8, 4) is 0 Å². The standard InChI is InChI=1S/C12H19N3O2/c1-9-10(7-13-14(9)2)8-15-5-3-4-11(15)6-12(16)17/h7,11H,3-6,8H2,1-2H3,(H,16,17). The normalized spacial score (nSPS) is 20.9. The minimum absolute atomic E-state index is 0.187. The highest BCUT2D eigenvalue weighted by atomic mass is 16.4. The summed E-state index contributed by atoms with van der Waals surface area (Å²) in [5.74, 6) is -0.704. The third-order valence-electron chi connectivity index (χ3n) is 3.62. The van der Waals surface area contributed by atoms with Gasteiger partial charge in [-0.1, -0.05) is 0 Å². The molecule has 1 saturated heterocycles. The van der Waals surface area contributed by atoms with Crippen molar-refractivity contribution in [1.82, 2.24) is 14.7 Å². The maximum Gasteiger partial charge on any atom is 0.304 e. The predicted octanol–water partition coefficient (Wildman–Crippen LogP) is 1.17. The van der Waals surface area contributed by atoms with Crippen LogP contribution in [0.4, 0.5) is 0 Å². The van der Waals surface area contributed by atoms with E-state index in [1.165, 1.54) is 5.56 Å². The topological polar surface area (TPSA) is 58.4 Å². The summed E-state index contributed by atoms with van der Waals surface area (Å²) in [6.07, 6.45) is 4.22. The van der Waals surface area contributed by atoms with E-state index in [0.717, 1.165) is 31.6 Å². The van der Waals surface area contributed by atoms with Crippen LogP contribution >= 0.6 is 0 Å². The Balaban J connectivity index is 2.02. The van der Waals surface area contributed by atoms with Gasteiger partial charge in [0, 0.05) is 30.9 Å². The lowest BCUT2D eigenvalue weighted by molar-refractivity contribution is -0.138. The lowest BCUT2D eigenvalue weighted by Crippen LogP contribution is -2.31. The molecule has 0 bridgehead atoms. The second kappa shape index (κ2) is 4.87. The van der Waals surface area contributed by atoms with Gasteiger partial charge in [0.05, 0.1) is 12.6 Å². The van der Waals surface area contributed by atoms with Crippen molar-refractivity contribution >= 4 is 5.97 Å². The smallest absolute Gasteiger partial charge is 0.304 e. The molecule has 0 aromatic carbocycles. The minimum Gasteiger partial charge on any atom is -0.481 e. The van der Waals surface area contributed by atoms with Crippen molar-refractivity contribution in [2.45, 2.75) is 38.8 Å². The summed E-state index contributed by atoms with van der Waals surface area (Å²) >= 11 is 0. The third kappa shape index (κ3) is 2.66. The molecule has 94 valence electrons. The number of carboxylic acids is 1. The van der Waals surface area contributed by atoms with E-state index in [2.05, 4.69) is 10.00 Å².